The van der Waals surface area contributed by atoms with Crippen LogP contribution in [0.3, 0.4) is 0 Å². The second-order valence-corrected chi connectivity index (χ2v) is 9.98. The van der Waals surface area contributed by atoms with Gasteiger partial charge in [0.05, 0.1) is 23.8 Å². The molecule has 1 fully saturated rings. The lowest BCUT2D eigenvalue weighted by molar-refractivity contribution is -0.150. The quantitative estimate of drug-likeness (QED) is 0.586. The molecule has 2 N–H and O–H groups in total. The van der Waals surface area contributed by atoms with Gasteiger partial charge in [-0.1, -0.05) is 12.1 Å². The zero-order valence-electron chi connectivity index (χ0n) is 19.0. The molecule has 178 valence electrons. The van der Waals surface area contributed by atoms with Crippen molar-refractivity contribution in [3.63, 3.8) is 0 Å². The van der Waals surface area contributed by atoms with Gasteiger partial charge >= 0.3 is 5.97 Å². The summed E-state index contributed by atoms with van der Waals surface area (Å²) in [6, 6.07) is 8.69. The number of hydrogen-bond acceptors (Lipinski definition) is 7. The summed E-state index contributed by atoms with van der Waals surface area (Å²) in [6.07, 6.45) is -1.13. The number of carbonyl (C=O) groups is 2. The smallest absolute Gasteiger partial charge is 0.325 e. The van der Waals surface area contributed by atoms with E-state index in [0.717, 1.165) is 21.0 Å². The van der Waals surface area contributed by atoms with Gasteiger partial charge in [-0.3, -0.25) is 9.59 Å². The number of amides is 1. The van der Waals surface area contributed by atoms with E-state index in [-0.39, 0.29) is 17.9 Å². The van der Waals surface area contributed by atoms with Crippen LogP contribution in [0.2, 0.25) is 0 Å². The van der Waals surface area contributed by atoms with Gasteiger partial charge in [0.15, 0.2) is 6.61 Å². The first-order valence-corrected chi connectivity index (χ1v) is 11.8. The van der Waals surface area contributed by atoms with Crippen LogP contribution in [0.1, 0.15) is 23.1 Å². The standard InChI is InChI=1S/C23H28N2O7S/c1-14-5-8-21(31-4)19(9-14)24-22(27)13-32-23(28)20-11-17(26)12-25(20)33(29,30)18-7-6-15(2)16(3)10-18/h5-10,17,20,26H,11-13H2,1-4H3,(H,24,27). The minimum absolute atomic E-state index is 0.0294. The highest BCUT2D eigenvalue weighted by molar-refractivity contribution is 7.89. The van der Waals surface area contributed by atoms with Crippen molar-refractivity contribution >= 4 is 27.6 Å². The van der Waals surface area contributed by atoms with Crippen molar-refractivity contribution in [3.8, 4) is 5.75 Å². The fraction of sp³-hybridized carbons (Fsp3) is 0.391. The van der Waals surface area contributed by atoms with E-state index >= 15 is 0 Å². The molecule has 2 unspecified atom stereocenters. The van der Waals surface area contributed by atoms with Gasteiger partial charge in [-0.25, -0.2) is 8.42 Å². The minimum atomic E-state index is -4.05. The first-order chi connectivity index (χ1) is 15.5. The van der Waals surface area contributed by atoms with E-state index in [1.165, 1.54) is 19.2 Å². The molecule has 10 heteroatoms. The van der Waals surface area contributed by atoms with Crippen LogP contribution in [0.25, 0.3) is 0 Å². The topological polar surface area (TPSA) is 122 Å². The van der Waals surface area contributed by atoms with E-state index in [4.69, 9.17) is 9.47 Å². The van der Waals surface area contributed by atoms with E-state index in [9.17, 15) is 23.1 Å². The molecule has 1 saturated heterocycles. The normalized spacial score (nSPS) is 18.7. The Labute approximate surface area is 193 Å². The molecule has 33 heavy (non-hydrogen) atoms. The summed E-state index contributed by atoms with van der Waals surface area (Å²) in [5.41, 5.74) is 3.05. The number of sulfonamides is 1. The largest absolute Gasteiger partial charge is 0.495 e. The van der Waals surface area contributed by atoms with Gasteiger partial charge < -0.3 is 19.9 Å². The fourth-order valence-corrected chi connectivity index (χ4v) is 5.32. The van der Waals surface area contributed by atoms with Gasteiger partial charge in [0.2, 0.25) is 10.0 Å². The number of ether oxygens (including phenoxy) is 2. The van der Waals surface area contributed by atoms with Crippen molar-refractivity contribution in [1.82, 2.24) is 4.31 Å². The number of nitrogens with one attached hydrogen (secondary N) is 1. The molecule has 2 aromatic rings. The summed E-state index contributed by atoms with van der Waals surface area (Å²) in [7, 11) is -2.58. The van der Waals surface area contributed by atoms with E-state index in [0.29, 0.717) is 11.4 Å². The molecule has 0 aromatic heterocycles. The zero-order valence-corrected chi connectivity index (χ0v) is 19.8. The zero-order chi connectivity index (χ0) is 24.3. The van der Waals surface area contributed by atoms with Crippen LogP contribution in [0.4, 0.5) is 5.69 Å². The lowest BCUT2D eigenvalue weighted by atomic mass is 10.1. The number of benzene rings is 2. The summed E-state index contributed by atoms with van der Waals surface area (Å²) in [5.74, 6) is -1.05. The third-order valence-electron chi connectivity index (χ3n) is 5.57. The number of hydrogen-bond donors (Lipinski definition) is 2. The molecule has 0 spiro atoms. The van der Waals surface area contributed by atoms with Crippen molar-refractivity contribution in [1.29, 1.82) is 0 Å². The van der Waals surface area contributed by atoms with E-state index in [1.807, 2.05) is 19.9 Å². The molecule has 0 radical (unpaired) electrons. The summed E-state index contributed by atoms with van der Waals surface area (Å²) < 4.78 is 37.6. The summed E-state index contributed by atoms with van der Waals surface area (Å²) >= 11 is 0. The second-order valence-electron chi connectivity index (χ2n) is 8.09. The maximum atomic E-state index is 13.2. The Morgan fingerprint density at radius 3 is 2.52 bits per heavy atom. The van der Waals surface area contributed by atoms with Crippen LogP contribution in [-0.4, -0.2) is 62.1 Å². The number of aliphatic hydroxyl groups excluding tert-OH is 1. The van der Waals surface area contributed by atoms with Crippen molar-refractivity contribution in [2.45, 2.75) is 44.2 Å². The minimum Gasteiger partial charge on any atom is -0.495 e. The number of nitrogens with zero attached hydrogens (tertiary/aromatic N) is 1. The van der Waals surface area contributed by atoms with Crippen molar-refractivity contribution in [2.24, 2.45) is 0 Å². The fourth-order valence-electron chi connectivity index (χ4n) is 3.61. The lowest BCUT2D eigenvalue weighted by Crippen LogP contribution is -2.42. The predicted octanol–water partition coefficient (Wildman–Crippen LogP) is 1.93. The molecule has 2 atom stereocenters. The number of methoxy groups -OCH3 is 1. The van der Waals surface area contributed by atoms with Gasteiger partial charge in [0.25, 0.3) is 5.91 Å². The third kappa shape index (κ3) is 5.52. The van der Waals surface area contributed by atoms with Gasteiger partial charge in [-0.2, -0.15) is 4.31 Å². The molecule has 0 aliphatic carbocycles. The maximum absolute atomic E-state index is 13.2. The van der Waals surface area contributed by atoms with Crippen LogP contribution in [-0.2, 0) is 24.3 Å². The molecule has 9 nitrogen and oxygen atoms in total. The van der Waals surface area contributed by atoms with Crippen LogP contribution < -0.4 is 10.1 Å². The SMILES string of the molecule is COc1ccc(C)cc1NC(=O)COC(=O)C1CC(O)CN1S(=O)(=O)c1ccc(C)c(C)c1. The molecule has 0 bridgehead atoms. The molecule has 1 heterocycles. The number of β-amino-alcohol motifs (C(OH)–C–C–N with tert-alkyl or cyclic N) is 1. The number of anilines is 1. The first kappa shape index (κ1) is 24.7. The van der Waals surface area contributed by atoms with E-state index in [2.05, 4.69) is 5.32 Å². The Bertz CT molecular complexity index is 1160. The molecule has 3 rings (SSSR count). The molecular weight excluding hydrogens is 448 g/mol. The highest BCUT2D eigenvalue weighted by atomic mass is 32.2. The van der Waals surface area contributed by atoms with Crippen LogP contribution in [0.15, 0.2) is 41.3 Å². The second kappa shape index (κ2) is 9.90. The van der Waals surface area contributed by atoms with E-state index in [1.54, 1.807) is 25.1 Å². The van der Waals surface area contributed by atoms with Gasteiger partial charge in [0, 0.05) is 13.0 Å². The molecule has 1 amide bonds. The highest BCUT2D eigenvalue weighted by Crippen LogP contribution is 2.28. The molecular formula is C23H28N2O7S. The molecule has 1 aliphatic rings. The average molecular weight is 477 g/mol. The summed E-state index contributed by atoms with van der Waals surface area (Å²) in [4.78, 5) is 25.0. The number of esters is 1. The third-order valence-corrected chi connectivity index (χ3v) is 7.44. The van der Waals surface area contributed by atoms with Gasteiger partial charge in [-0.15, -0.1) is 0 Å². The Morgan fingerprint density at radius 1 is 1.12 bits per heavy atom. The maximum Gasteiger partial charge on any atom is 0.325 e. The van der Waals surface area contributed by atoms with Gasteiger partial charge in [0.1, 0.15) is 11.8 Å². The summed E-state index contributed by atoms with van der Waals surface area (Å²) in [5, 5.41) is 12.7. The summed E-state index contributed by atoms with van der Waals surface area (Å²) in [6.45, 7) is 4.66. The molecule has 0 saturated carbocycles. The number of rotatable bonds is 7. The van der Waals surface area contributed by atoms with Crippen molar-refractivity contribution in [2.75, 3.05) is 25.6 Å². The highest BCUT2D eigenvalue weighted by Gasteiger charge is 2.44. The van der Waals surface area contributed by atoms with Crippen LogP contribution >= 0.6 is 0 Å². The Kier molecular flexibility index (Phi) is 7.41. The van der Waals surface area contributed by atoms with Crippen molar-refractivity contribution in [3.05, 3.63) is 53.1 Å². The first-order valence-electron chi connectivity index (χ1n) is 10.4. The van der Waals surface area contributed by atoms with Crippen LogP contribution in [0, 0.1) is 20.8 Å². The predicted molar refractivity (Wildman–Crippen MR) is 122 cm³/mol. The lowest BCUT2D eigenvalue weighted by Gasteiger charge is -2.22. The monoisotopic (exact) mass is 476 g/mol. The Hall–Kier alpha value is -2.95. The Morgan fingerprint density at radius 2 is 1.85 bits per heavy atom. The average Bonchev–Trinajstić information content (AvgIpc) is 3.16. The van der Waals surface area contributed by atoms with E-state index < -0.39 is 40.7 Å². The van der Waals surface area contributed by atoms with Gasteiger partial charge in [-0.05, 0) is 61.7 Å². The number of aliphatic hydroxyl groups is 1. The van der Waals surface area contributed by atoms with Crippen molar-refractivity contribution < 1.29 is 32.6 Å². The number of carbonyl (C=O) groups excluding carboxylic acids is 2. The molecule has 1 aliphatic heterocycles. The Balaban J connectivity index is 1.70. The van der Waals surface area contributed by atoms with Crippen LogP contribution in [0.5, 0.6) is 5.75 Å². The molecule has 2 aromatic carbocycles. The number of aryl methyl sites for hydroxylation is 3.